The fourth-order valence-electron chi connectivity index (χ4n) is 1.65. The highest BCUT2D eigenvalue weighted by molar-refractivity contribution is 9.10. The Morgan fingerprint density at radius 2 is 2.19 bits per heavy atom. The lowest BCUT2D eigenvalue weighted by Gasteiger charge is -2.26. The standard InChI is InChI=1S/C14H20BrN3O3/c1-14(2,3)21-13(20)18(5-6-19)9-10-7-11(15)8-17-12(10)16-4/h6-8H,5,9H2,1-4H3,(H,16,17). The number of pyridine rings is 1. The molecule has 0 aliphatic rings. The molecule has 0 bridgehead atoms. The van der Waals surface area contributed by atoms with Gasteiger partial charge in [0, 0.05) is 23.3 Å². The van der Waals surface area contributed by atoms with Gasteiger partial charge < -0.3 is 14.8 Å². The normalized spacial score (nSPS) is 10.9. The van der Waals surface area contributed by atoms with Crippen molar-refractivity contribution in [3.8, 4) is 0 Å². The Hall–Kier alpha value is -1.63. The summed E-state index contributed by atoms with van der Waals surface area (Å²) in [7, 11) is 1.75. The summed E-state index contributed by atoms with van der Waals surface area (Å²) in [4.78, 5) is 28.5. The van der Waals surface area contributed by atoms with E-state index in [9.17, 15) is 9.59 Å². The van der Waals surface area contributed by atoms with Crippen molar-refractivity contribution < 1.29 is 14.3 Å². The number of hydrogen-bond acceptors (Lipinski definition) is 5. The van der Waals surface area contributed by atoms with Gasteiger partial charge in [0.25, 0.3) is 0 Å². The first-order valence-corrected chi connectivity index (χ1v) is 7.30. The zero-order valence-electron chi connectivity index (χ0n) is 12.6. The minimum atomic E-state index is -0.612. The van der Waals surface area contributed by atoms with Crippen molar-refractivity contribution in [1.29, 1.82) is 0 Å². The van der Waals surface area contributed by atoms with Crippen molar-refractivity contribution in [2.75, 3.05) is 18.9 Å². The molecule has 0 unspecified atom stereocenters. The number of amides is 1. The second kappa shape index (κ2) is 7.40. The third-order valence-corrected chi connectivity index (χ3v) is 2.91. The lowest BCUT2D eigenvalue weighted by Crippen LogP contribution is -2.37. The van der Waals surface area contributed by atoms with Crippen molar-refractivity contribution in [2.24, 2.45) is 0 Å². The molecular weight excluding hydrogens is 338 g/mol. The molecule has 0 saturated carbocycles. The third-order valence-electron chi connectivity index (χ3n) is 2.48. The quantitative estimate of drug-likeness (QED) is 0.820. The maximum atomic E-state index is 12.1. The van der Waals surface area contributed by atoms with E-state index in [1.807, 2.05) is 6.07 Å². The van der Waals surface area contributed by atoms with Crippen LogP contribution in [-0.2, 0) is 16.1 Å². The fourth-order valence-corrected chi connectivity index (χ4v) is 2.03. The first kappa shape index (κ1) is 17.4. The molecule has 116 valence electrons. The van der Waals surface area contributed by atoms with Gasteiger partial charge in [-0.2, -0.15) is 0 Å². The number of anilines is 1. The van der Waals surface area contributed by atoms with Crippen LogP contribution in [-0.4, -0.2) is 41.5 Å². The third kappa shape index (κ3) is 5.71. The summed E-state index contributed by atoms with van der Waals surface area (Å²) in [5.74, 6) is 0.651. The Morgan fingerprint density at radius 3 is 2.71 bits per heavy atom. The molecule has 0 atom stereocenters. The highest BCUT2D eigenvalue weighted by Gasteiger charge is 2.23. The summed E-state index contributed by atoms with van der Waals surface area (Å²) in [5.41, 5.74) is 0.180. The van der Waals surface area contributed by atoms with Gasteiger partial charge in [-0.3, -0.25) is 4.90 Å². The summed E-state index contributed by atoms with van der Waals surface area (Å²) in [5, 5.41) is 2.96. The topological polar surface area (TPSA) is 71.5 Å². The Balaban J connectivity index is 2.95. The molecule has 1 heterocycles. The minimum Gasteiger partial charge on any atom is -0.444 e. The molecule has 0 aliphatic carbocycles. The van der Waals surface area contributed by atoms with Crippen molar-refractivity contribution in [3.63, 3.8) is 0 Å². The van der Waals surface area contributed by atoms with Crippen LogP contribution >= 0.6 is 15.9 Å². The minimum absolute atomic E-state index is 0.0371. The Labute approximate surface area is 133 Å². The molecule has 1 amide bonds. The molecule has 1 rings (SSSR count). The van der Waals surface area contributed by atoms with Crippen LogP contribution in [0.3, 0.4) is 0 Å². The largest absolute Gasteiger partial charge is 0.444 e. The lowest BCUT2D eigenvalue weighted by atomic mass is 10.2. The van der Waals surface area contributed by atoms with Gasteiger partial charge in [-0.15, -0.1) is 0 Å². The van der Waals surface area contributed by atoms with E-state index in [0.717, 1.165) is 10.0 Å². The molecule has 0 aromatic carbocycles. The number of rotatable bonds is 5. The summed E-state index contributed by atoms with van der Waals surface area (Å²) in [6.45, 7) is 5.54. The molecule has 1 N–H and O–H groups in total. The molecule has 0 fully saturated rings. The number of halogens is 1. The first-order valence-electron chi connectivity index (χ1n) is 6.50. The first-order chi connectivity index (χ1) is 9.76. The Kier molecular flexibility index (Phi) is 6.14. The molecule has 1 aromatic heterocycles. The van der Waals surface area contributed by atoms with Gasteiger partial charge in [0.2, 0.25) is 0 Å². The molecule has 6 nitrogen and oxygen atoms in total. The molecule has 7 heteroatoms. The van der Waals surface area contributed by atoms with Gasteiger partial charge in [0.15, 0.2) is 0 Å². The predicted octanol–water partition coefficient (Wildman–Crippen LogP) is 2.82. The van der Waals surface area contributed by atoms with Crippen LogP contribution in [0.4, 0.5) is 10.6 Å². The second-order valence-corrected chi connectivity index (χ2v) is 6.35. The molecular formula is C14H20BrN3O3. The summed E-state index contributed by atoms with van der Waals surface area (Å²) < 4.78 is 6.10. The average molecular weight is 358 g/mol. The number of nitrogens with one attached hydrogen (secondary N) is 1. The van der Waals surface area contributed by atoms with E-state index >= 15 is 0 Å². The average Bonchev–Trinajstić information content (AvgIpc) is 2.36. The smallest absolute Gasteiger partial charge is 0.410 e. The maximum absolute atomic E-state index is 12.1. The van der Waals surface area contributed by atoms with Gasteiger partial charge in [0.05, 0.1) is 13.1 Å². The number of aromatic nitrogens is 1. The molecule has 0 radical (unpaired) electrons. The molecule has 0 aliphatic heterocycles. The van der Waals surface area contributed by atoms with Crippen molar-refractivity contribution in [2.45, 2.75) is 32.9 Å². The van der Waals surface area contributed by atoms with E-state index in [1.54, 1.807) is 34.0 Å². The maximum Gasteiger partial charge on any atom is 0.410 e. The van der Waals surface area contributed by atoms with E-state index in [2.05, 4.69) is 26.2 Å². The molecule has 1 aromatic rings. The highest BCUT2D eigenvalue weighted by atomic mass is 79.9. The Morgan fingerprint density at radius 1 is 1.52 bits per heavy atom. The number of carbonyl (C=O) groups is 2. The van der Waals surface area contributed by atoms with Crippen LogP contribution in [0.25, 0.3) is 0 Å². The monoisotopic (exact) mass is 357 g/mol. The van der Waals surface area contributed by atoms with Gasteiger partial charge in [-0.05, 0) is 42.8 Å². The van der Waals surface area contributed by atoms with E-state index in [-0.39, 0.29) is 13.1 Å². The number of nitrogens with zero attached hydrogens (tertiary/aromatic N) is 2. The van der Waals surface area contributed by atoms with Gasteiger partial charge >= 0.3 is 6.09 Å². The van der Waals surface area contributed by atoms with Crippen LogP contribution in [0.2, 0.25) is 0 Å². The van der Waals surface area contributed by atoms with Gasteiger partial charge in [-0.1, -0.05) is 0 Å². The fraction of sp³-hybridized carbons (Fsp3) is 0.500. The van der Waals surface area contributed by atoms with Gasteiger partial charge in [0.1, 0.15) is 17.7 Å². The molecule has 0 spiro atoms. The van der Waals surface area contributed by atoms with Crippen LogP contribution in [0.15, 0.2) is 16.7 Å². The van der Waals surface area contributed by atoms with Crippen LogP contribution in [0.1, 0.15) is 26.3 Å². The molecule has 21 heavy (non-hydrogen) atoms. The van der Waals surface area contributed by atoms with Crippen molar-refractivity contribution in [1.82, 2.24) is 9.88 Å². The Bertz CT molecular complexity index is 515. The number of hydrogen-bond donors (Lipinski definition) is 1. The van der Waals surface area contributed by atoms with Crippen LogP contribution in [0.5, 0.6) is 0 Å². The summed E-state index contributed by atoms with van der Waals surface area (Å²) >= 11 is 3.35. The zero-order valence-corrected chi connectivity index (χ0v) is 14.2. The van der Waals surface area contributed by atoms with Crippen molar-refractivity contribution >= 4 is 34.1 Å². The highest BCUT2D eigenvalue weighted by Crippen LogP contribution is 2.20. The summed E-state index contributed by atoms with van der Waals surface area (Å²) in [6.07, 6.45) is 1.80. The number of ether oxygens (including phenoxy) is 1. The lowest BCUT2D eigenvalue weighted by molar-refractivity contribution is -0.109. The second-order valence-electron chi connectivity index (χ2n) is 5.44. The SMILES string of the molecule is CNc1ncc(Br)cc1CN(CC=O)C(=O)OC(C)(C)C. The van der Waals surface area contributed by atoms with E-state index in [1.165, 1.54) is 4.90 Å². The summed E-state index contributed by atoms with van der Waals surface area (Å²) in [6, 6.07) is 1.85. The van der Waals surface area contributed by atoms with Crippen LogP contribution < -0.4 is 5.32 Å². The van der Waals surface area contributed by atoms with Crippen LogP contribution in [0, 0.1) is 0 Å². The molecule has 0 saturated heterocycles. The predicted molar refractivity (Wildman–Crippen MR) is 84.2 cm³/mol. The van der Waals surface area contributed by atoms with Crippen molar-refractivity contribution in [3.05, 3.63) is 22.3 Å². The number of carbonyl (C=O) groups excluding carboxylic acids is 2. The van der Waals surface area contributed by atoms with E-state index in [0.29, 0.717) is 12.1 Å². The van der Waals surface area contributed by atoms with E-state index < -0.39 is 11.7 Å². The van der Waals surface area contributed by atoms with E-state index in [4.69, 9.17) is 4.74 Å². The number of aldehydes is 1. The van der Waals surface area contributed by atoms with Gasteiger partial charge in [-0.25, -0.2) is 9.78 Å². The zero-order chi connectivity index (χ0) is 16.0.